The quantitative estimate of drug-likeness (QED) is 0.816. The third-order valence-corrected chi connectivity index (χ3v) is 2.73. The lowest BCUT2D eigenvalue weighted by Crippen LogP contribution is -2.18. The zero-order valence-electron chi connectivity index (χ0n) is 9.76. The number of hydrogen-bond acceptors (Lipinski definition) is 4. The molecule has 2 aromatic heterocycles. The summed E-state index contributed by atoms with van der Waals surface area (Å²) in [4.78, 5) is 14.7. The van der Waals surface area contributed by atoms with Gasteiger partial charge in [-0.1, -0.05) is 6.07 Å². The zero-order valence-corrected chi connectivity index (χ0v) is 11.3. The highest BCUT2D eigenvalue weighted by Crippen LogP contribution is 2.16. The molecular weight excluding hydrogens is 280 g/mol. The van der Waals surface area contributed by atoms with Crippen molar-refractivity contribution in [2.75, 3.05) is 11.9 Å². The van der Waals surface area contributed by atoms with Crippen molar-refractivity contribution in [1.82, 2.24) is 15.0 Å². The lowest BCUT2D eigenvalue weighted by atomic mass is 10.3. The Kier molecular flexibility index (Phi) is 3.68. The molecule has 0 fully saturated rings. The molecule has 88 valence electrons. The lowest BCUT2D eigenvalue weighted by Gasteiger charge is -2.18. The van der Waals surface area contributed by atoms with Gasteiger partial charge in [0.25, 0.3) is 0 Å². The van der Waals surface area contributed by atoms with Gasteiger partial charge in [0.2, 0.25) is 0 Å². The monoisotopic (exact) mass is 292 g/mol. The number of halogens is 1. The van der Waals surface area contributed by atoms with E-state index in [1.807, 2.05) is 38.4 Å². The van der Waals surface area contributed by atoms with Gasteiger partial charge >= 0.3 is 0 Å². The van der Waals surface area contributed by atoms with Crippen LogP contribution in [-0.4, -0.2) is 22.0 Å². The molecule has 0 radical (unpaired) electrons. The second-order valence-electron chi connectivity index (χ2n) is 3.81. The first kappa shape index (κ1) is 12.0. The van der Waals surface area contributed by atoms with E-state index in [2.05, 4.69) is 35.8 Å². The van der Waals surface area contributed by atoms with E-state index in [0.29, 0.717) is 0 Å². The fourth-order valence-electron chi connectivity index (χ4n) is 1.56. The molecule has 0 unspecified atom stereocenters. The average molecular weight is 293 g/mol. The van der Waals surface area contributed by atoms with Crippen LogP contribution in [0.3, 0.4) is 0 Å². The molecule has 5 heteroatoms. The minimum absolute atomic E-state index is 0.757. The maximum atomic E-state index is 4.39. The van der Waals surface area contributed by atoms with E-state index >= 15 is 0 Å². The van der Waals surface area contributed by atoms with E-state index in [1.54, 1.807) is 6.20 Å². The molecule has 0 aliphatic rings. The van der Waals surface area contributed by atoms with Gasteiger partial charge in [-0.15, -0.1) is 0 Å². The Balaban J connectivity index is 2.17. The van der Waals surface area contributed by atoms with Crippen LogP contribution in [0.15, 0.2) is 35.2 Å². The molecule has 0 aliphatic carbocycles. The summed E-state index contributed by atoms with van der Waals surface area (Å²) in [6, 6.07) is 5.89. The van der Waals surface area contributed by atoms with Crippen molar-refractivity contribution in [2.24, 2.45) is 0 Å². The summed E-state index contributed by atoms with van der Waals surface area (Å²) in [5.74, 6) is 1.65. The Hall–Kier alpha value is -1.49. The largest absolute Gasteiger partial charge is 0.355 e. The van der Waals surface area contributed by atoms with Gasteiger partial charge in [0.15, 0.2) is 0 Å². The number of hydrogen-bond donors (Lipinski definition) is 0. The number of pyridine rings is 1. The van der Waals surface area contributed by atoms with Gasteiger partial charge in [0.05, 0.1) is 0 Å². The molecule has 2 heterocycles. The van der Waals surface area contributed by atoms with Crippen molar-refractivity contribution in [3.63, 3.8) is 0 Å². The SMILES string of the molecule is Cc1nc(Br)cc(N(C)Cc2cccnc2)n1. The summed E-state index contributed by atoms with van der Waals surface area (Å²) in [5.41, 5.74) is 1.15. The number of anilines is 1. The van der Waals surface area contributed by atoms with Crippen molar-refractivity contribution in [2.45, 2.75) is 13.5 Å². The highest BCUT2D eigenvalue weighted by molar-refractivity contribution is 9.10. The van der Waals surface area contributed by atoms with Crippen LogP contribution in [0, 0.1) is 6.92 Å². The van der Waals surface area contributed by atoms with Crippen LogP contribution in [0.2, 0.25) is 0 Å². The minimum Gasteiger partial charge on any atom is -0.355 e. The van der Waals surface area contributed by atoms with E-state index in [0.717, 1.165) is 28.4 Å². The van der Waals surface area contributed by atoms with Crippen LogP contribution >= 0.6 is 15.9 Å². The molecule has 0 saturated carbocycles. The third-order valence-electron chi connectivity index (χ3n) is 2.33. The summed E-state index contributed by atoms with van der Waals surface area (Å²) < 4.78 is 0.804. The number of aryl methyl sites for hydroxylation is 1. The van der Waals surface area contributed by atoms with E-state index in [1.165, 1.54) is 0 Å². The van der Waals surface area contributed by atoms with E-state index in [-0.39, 0.29) is 0 Å². The van der Waals surface area contributed by atoms with E-state index in [9.17, 15) is 0 Å². The standard InChI is InChI=1S/C12H13BrN4/c1-9-15-11(13)6-12(16-9)17(2)8-10-4-3-5-14-7-10/h3-7H,8H2,1-2H3. The summed E-state index contributed by atoms with van der Waals surface area (Å²) in [7, 11) is 2.00. The van der Waals surface area contributed by atoms with Gasteiger partial charge in [-0.3, -0.25) is 4.98 Å². The predicted molar refractivity (Wildman–Crippen MR) is 70.8 cm³/mol. The van der Waals surface area contributed by atoms with Gasteiger partial charge in [0.1, 0.15) is 16.2 Å². The molecule has 0 saturated heterocycles. The van der Waals surface area contributed by atoms with Crippen molar-refractivity contribution >= 4 is 21.7 Å². The van der Waals surface area contributed by atoms with Crippen LogP contribution in [0.1, 0.15) is 11.4 Å². The Morgan fingerprint density at radius 1 is 1.35 bits per heavy atom. The van der Waals surface area contributed by atoms with Gasteiger partial charge in [0, 0.05) is 32.1 Å². The normalized spacial score (nSPS) is 10.3. The van der Waals surface area contributed by atoms with Gasteiger partial charge in [-0.2, -0.15) is 0 Å². The first-order chi connectivity index (χ1) is 8.15. The predicted octanol–water partition coefficient (Wildman–Crippen LogP) is 2.58. The maximum Gasteiger partial charge on any atom is 0.133 e. The molecule has 0 N–H and O–H groups in total. The summed E-state index contributed by atoms with van der Waals surface area (Å²) >= 11 is 3.38. The Morgan fingerprint density at radius 2 is 2.18 bits per heavy atom. The summed E-state index contributed by atoms with van der Waals surface area (Å²) in [5, 5.41) is 0. The Bertz CT molecular complexity index is 481. The topological polar surface area (TPSA) is 41.9 Å². The highest BCUT2D eigenvalue weighted by atomic mass is 79.9. The fraction of sp³-hybridized carbons (Fsp3) is 0.250. The van der Waals surface area contributed by atoms with Crippen LogP contribution < -0.4 is 4.90 Å². The molecular formula is C12H13BrN4. The first-order valence-electron chi connectivity index (χ1n) is 5.26. The van der Waals surface area contributed by atoms with Gasteiger partial charge in [-0.25, -0.2) is 9.97 Å². The van der Waals surface area contributed by atoms with Crippen LogP contribution in [-0.2, 0) is 6.54 Å². The van der Waals surface area contributed by atoms with Crippen LogP contribution in [0.5, 0.6) is 0 Å². The number of aromatic nitrogens is 3. The van der Waals surface area contributed by atoms with Gasteiger partial charge in [-0.05, 0) is 34.5 Å². The number of nitrogens with zero attached hydrogens (tertiary/aromatic N) is 4. The van der Waals surface area contributed by atoms with E-state index in [4.69, 9.17) is 0 Å². The first-order valence-corrected chi connectivity index (χ1v) is 6.05. The molecule has 0 aliphatic heterocycles. The summed E-state index contributed by atoms with van der Waals surface area (Å²) in [6.45, 7) is 2.66. The van der Waals surface area contributed by atoms with E-state index < -0.39 is 0 Å². The molecule has 17 heavy (non-hydrogen) atoms. The summed E-state index contributed by atoms with van der Waals surface area (Å²) in [6.07, 6.45) is 3.63. The fourth-order valence-corrected chi connectivity index (χ4v) is 2.02. The number of rotatable bonds is 3. The zero-order chi connectivity index (χ0) is 12.3. The maximum absolute atomic E-state index is 4.39. The average Bonchev–Trinajstić information content (AvgIpc) is 2.29. The third kappa shape index (κ3) is 3.23. The second kappa shape index (κ2) is 5.23. The van der Waals surface area contributed by atoms with Crippen molar-refractivity contribution < 1.29 is 0 Å². The van der Waals surface area contributed by atoms with Crippen molar-refractivity contribution in [1.29, 1.82) is 0 Å². The molecule has 4 nitrogen and oxygen atoms in total. The molecule has 2 aromatic rings. The Morgan fingerprint density at radius 3 is 2.82 bits per heavy atom. The molecule has 0 atom stereocenters. The molecule has 0 bridgehead atoms. The van der Waals surface area contributed by atoms with Gasteiger partial charge < -0.3 is 4.90 Å². The second-order valence-corrected chi connectivity index (χ2v) is 4.63. The van der Waals surface area contributed by atoms with Crippen molar-refractivity contribution in [3.05, 3.63) is 46.6 Å². The molecule has 0 amide bonds. The molecule has 2 rings (SSSR count). The molecule has 0 aromatic carbocycles. The van der Waals surface area contributed by atoms with Crippen LogP contribution in [0.25, 0.3) is 0 Å². The minimum atomic E-state index is 0.757. The Labute approximate surface area is 109 Å². The smallest absolute Gasteiger partial charge is 0.133 e. The van der Waals surface area contributed by atoms with Crippen LogP contribution in [0.4, 0.5) is 5.82 Å². The highest BCUT2D eigenvalue weighted by Gasteiger charge is 2.06. The lowest BCUT2D eigenvalue weighted by molar-refractivity contribution is 0.871. The molecule has 0 spiro atoms. The van der Waals surface area contributed by atoms with Crippen molar-refractivity contribution in [3.8, 4) is 0 Å².